The molecule has 0 heterocycles. The fraction of sp³-hybridized carbons (Fsp3) is 0.125. The van der Waals surface area contributed by atoms with E-state index >= 15 is 0 Å². The number of para-hydroxylation sites is 1. The molecule has 1 amide bonds. The molecule has 0 aliphatic carbocycles. The molecule has 0 bridgehead atoms. The number of nitrogens with one attached hydrogen (secondary N) is 1. The maximum atomic E-state index is 12.2. The fourth-order valence-corrected chi connectivity index (χ4v) is 2.16. The van der Waals surface area contributed by atoms with Crippen molar-refractivity contribution in [1.29, 1.82) is 0 Å². The van der Waals surface area contributed by atoms with Crippen LogP contribution in [-0.4, -0.2) is 17.0 Å². The second kappa shape index (κ2) is 6.90. The standard InChI is InChI=1S/C16H14ClNO3/c17-13-7-3-2-6-12(13)16(21)18-14-8-4-1-5-11(14)9-10-15(19)20/h1-8H,9-10H2,(H,18,21)(H,19,20). The average molecular weight is 304 g/mol. The van der Waals surface area contributed by atoms with Gasteiger partial charge in [0.1, 0.15) is 0 Å². The van der Waals surface area contributed by atoms with Crippen molar-refractivity contribution in [3.63, 3.8) is 0 Å². The molecule has 2 N–H and O–H groups in total. The van der Waals surface area contributed by atoms with Crippen molar-refractivity contribution in [2.24, 2.45) is 0 Å². The first-order valence-corrected chi connectivity index (χ1v) is 6.81. The predicted octanol–water partition coefficient (Wildman–Crippen LogP) is 3.61. The third-order valence-corrected chi connectivity index (χ3v) is 3.32. The molecule has 0 aromatic heterocycles. The highest BCUT2D eigenvalue weighted by molar-refractivity contribution is 6.34. The molecule has 5 heteroatoms. The number of hydrogen-bond acceptors (Lipinski definition) is 2. The normalized spacial score (nSPS) is 10.1. The zero-order valence-corrected chi connectivity index (χ0v) is 11.9. The lowest BCUT2D eigenvalue weighted by molar-refractivity contribution is -0.136. The number of carboxylic acid groups (broad SMARTS) is 1. The molecule has 0 spiro atoms. The van der Waals surface area contributed by atoms with Gasteiger partial charge in [0, 0.05) is 12.1 Å². The quantitative estimate of drug-likeness (QED) is 0.886. The van der Waals surface area contributed by atoms with Gasteiger partial charge in [-0.15, -0.1) is 0 Å². The van der Waals surface area contributed by atoms with Crippen LogP contribution in [0.1, 0.15) is 22.3 Å². The van der Waals surface area contributed by atoms with Crippen molar-refractivity contribution in [3.8, 4) is 0 Å². The largest absolute Gasteiger partial charge is 0.481 e. The molecular formula is C16H14ClNO3. The second-order valence-corrected chi connectivity index (χ2v) is 4.89. The Bertz CT molecular complexity index is 670. The molecule has 4 nitrogen and oxygen atoms in total. The molecule has 0 atom stereocenters. The number of amides is 1. The first-order valence-electron chi connectivity index (χ1n) is 6.43. The number of anilines is 1. The Labute approximate surface area is 127 Å². The first-order chi connectivity index (χ1) is 10.1. The number of rotatable bonds is 5. The van der Waals surface area contributed by atoms with Gasteiger partial charge in [-0.3, -0.25) is 9.59 Å². The summed E-state index contributed by atoms with van der Waals surface area (Å²) in [6, 6.07) is 13.9. The van der Waals surface area contributed by atoms with Crippen LogP contribution in [0.4, 0.5) is 5.69 Å². The minimum absolute atomic E-state index is 0.0129. The van der Waals surface area contributed by atoms with Crippen molar-refractivity contribution in [2.45, 2.75) is 12.8 Å². The van der Waals surface area contributed by atoms with E-state index in [1.165, 1.54) is 0 Å². The summed E-state index contributed by atoms with van der Waals surface area (Å²) in [6.07, 6.45) is 0.368. The molecule has 0 unspecified atom stereocenters. The van der Waals surface area contributed by atoms with E-state index in [9.17, 15) is 9.59 Å². The van der Waals surface area contributed by atoms with E-state index in [1.54, 1.807) is 42.5 Å². The average Bonchev–Trinajstić information content (AvgIpc) is 2.46. The monoisotopic (exact) mass is 303 g/mol. The minimum Gasteiger partial charge on any atom is -0.481 e. The molecule has 2 aromatic carbocycles. The maximum absolute atomic E-state index is 12.2. The number of carboxylic acids is 1. The van der Waals surface area contributed by atoms with Gasteiger partial charge < -0.3 is 10.4 Å². The van der Waals surface area contributed by atoms with Crippen molar-refractivity contribution in [1.82, 2.24) is 0 Å². The molecule has 0 radical (unpaired) electrons. The Kier molecular flexibility index (Phi) is 4.95. The molecule has 0 saturated heterocycles. The van der Waals surface area contributed by atoms with Gasteiger partial charge in [0.2, 0.25) is 0 Å². The van der Waals surface area contributed by atoms with E-state index in [0.29, 0.717) is 22.7 Å². The number of aryl methyl sites for hydroxylation is 1. The van der Waals surface area contributed by atoms with E-state index in [-0.39, 0.29) is 12.3 Å². The summed E-state index contributed by atoms with van der Waals surface area (Å²) >= 11 is 5.99. The highest BCUT2D eigenvalue weighted by Gasteiger charge is 2.12. The van der Waals surface area contributed by atoms with Crippen molar-refractivity contribution < 1.29 is 14.7 Å². The van der Waals surface area contributed by atoms with E-state index in [0.717, 1.165) is 5.56 Å². The molecule has 21 heavy (non-hydrogen) atoms. The molecule has 0 aliphatic heterocycles. The molecular weight excluding hydrogens is 290 g/mol. The number of halogens is 1. The third-order valence-electron chi connectivity index (χ3n) is 2.99. The van der Waals surface area contributed by atoms with Crippen LogP contribution in [0.25, 0.3) is 0 Å². The molecule has 2 aromatic rings. The van der Waals surface area contributed by atoms with E-state index in [2.05, 4.69) is 5.32 Å². The summed E-state index contributed by atoms with van der Waals surface area (Å²) < 4.78 is 0. The van der Waals surface area contributed by atoms with Crippen molar-refractivity contribution in [3.05, 3.63) is 64.7 Å². The first kappa shape index (κ1) is 15.1. The van der Waals surface area contributed by atoms with Gasteiger partial charge in [-0.2, -0.15) is 0 Å². The highest BCUT2D eigenvalue weighted by atomic mass is 35.5. The molecule has 0 saturated carbocycles. The van der Waals surface area contributed by atoms with Crippen LogP contribution in [0.2, 0.25) is 5.02 Å². The van der Waals surface area contributed by atoms with Crippen LogP contribution in [0.5, 0.6) is 0 Å². The van der Waals surface area contributed by atoms with Gasteiger partial charge in [-0.05, 0) is 30.2 Å². The van der Waals surface area contributed by atoms with Gasteiger partial charge in [0.05, 0.1) is 10.6 Å². The van der Waals surface area contributed by atoms with Crippen LogP contribution in [0.15, 0.2) is 48.5 Å². The fourth-order valence-electron chi connectivity index (χ4n) is 1.94. The third kappa shape index (κ3) is 4.07. The zero-order chi connectivity index (χ0) is 15.2. The Morgan fingerprint density at radius 3 is 2.43 bits per heavy atom. The topological polar surface area (TPSA) is 66.4 Å². The second-order valence-electron chi connectivity index (χ2n) is 4.48. The Balaban J connectivity index is 2.18. The zero-order valence-electron chi connectivity index (χ0n) is 11.2. The van der Waals surface area contributed by atoms with Crippen LogP contribution in [0, 0.1) is 0 Å². The van der Waals surface area contributed by atoms with Crippen molar-refractivity contribution in [2.75, 3.05) is 5.32 Å². The lowest BCUT2D eigenvalue weighted by atomic mass is 10.1. The van der Waals surface area contributed by atoms with Gasteiger partial charge in [-0.25, -0.2) is 0 Å². The van der Waals surface area contributed by atoms with Crippen LogP contribution in [-0.2, 0) is 11.2 Å². The number of benzene rings is 2. The minimum atomic E-state index is -0.873. The highest BCUT2D eigenvalue weighted by Crippen LogP contribution is 2.20. The van der Waals surface area contributed by atoms with E-state index in [1.807, 2.05) is 6.07 Å². The maximum Gasteiger partial charge on any atom is 0.303 e. The van der Waals surface area contributed by atoms with Gasteiger partial charge >= 0.3 is 5.97 Å². The van der Waals surface area contributed by atoms with E-state index < -0.39 is 5.97 Å². The summed E-state index contributed by atoms with van der Waals surface area (Å²) in [6.45, 7) is 0. The number of aliphatic carboxylic acids is 1. The summed E-state index contributed by atoms with van der Waals surface area (Å²) in [7, 11) is 0. The number of carbonyl (C=O) groups excluding carboxylic acids is 1. The molecule has 108 valence electrons. The van der Waals surface area contributed by atoms with Gasteiger partial charge in [0.25, 0.3) is 5.91 Å². The van der Waals surface area contributed by atoms with Crippen LogP contribution < -0.4 is 5.32 Å². The summed E-state index contributed by atoms with van der Waals surface area (Å²) in [4.78, 5) is 22.9. The Morgan fingerprint density at radius 1 is 1.05 bits per heavy atom. The van der Waals surface area contributed by atoms with Gasteiger partial charge in [0.15, 0.2) is 0 Å². The lowest BCUT2D eigenvalue weighted by Crippen LogP contribution is -2.14. The van der Waals surface area contributed by atoms with Crippen LogP contribution >= 0.6 is 11.6 Å². The lowest BCUT2D eigenvalue weighted by Gasteiger charge is -2.11. The SMILES string of the molecule is O=C(O)CCc1ccccc1NC(=O)c1ccccc1Cl. The summed E-state index contributed by atoms with van der Waals surface area (Å²) in [5, 5.41) is 11.9. The summed E-state index contributed by atoms with van der Waals surface area (Å²) in [5.74, 6) is -1.19. The molecule has 0 aliphatic rings. The predicted molar refractivity (Wildman–Crippen MR) is 81.8 cm³/mol. The number of hydrogen-bond donors (Lipinski definition) is 2. The van der Waals surface area contributed by atoms with Crippen molar-refractivity contribution >= 4 is 29.2 Å². The molecule has 2 rings (SSSR count). The number of carbonyl (C=O) groups is 2. The molecule has 0 fully saturated rings. The Hall–Kier alpha value is -2.33. The smallest absolute Gasteiger partial charge is 0.303 e. The Morgan fingerprint density at radius 2 is 1.71 bits per heavy atom. The van der Waals surface area contributed by atoms with Crippen LogP contribution in [0.3, 0.4) is 0 Å². The van der Waals surface area contributed by atoms with Gasteiger partial charge in [-0.1, -0.05) is 41.9 Å². The van der Waals surface area contributed by atoms with E-state index in [4.69, 9.17) is 16.7 Å². The summed E-state index contributed by atoms with van der Waals surface area (Å²) in [5.41, 5.74) is 1.76.